The molecule has 0 N–H and O–H groups in total. The van der Waals surface area contributed by atoms with Gasteiger partial charge in [-0.15, -0.1) is 0 Å². The van der Waals surface area contributed by atoms with Crippen LogP contribution in [-0.4, -0.2) is 39.6 Å². The van der Waals surface area contributed by atoms with Crippen LogP contribution in [0.2, 0.25) is 0 Å². The highest BCUT2D eigenvalue weighted by molar-refractivity contribution is 5.97. The minimum Gasteiger partial charge on any atom is -0.459 e. The lowest BCUT2D eigenvalue weighted by atomic mass is 10.1. The van der Waals surface area contributed by atoms with Crippen molar-refractivity contribution < 1.29 is 32.2 Å². The molecule has 0 saturated carbocycles. The highest BCUT2D eigenvalue weighted by atomic mass is 19.1. The minimum absolute atomic E-state index is 0.142. The second-order valence-corrected chi connectivity index (χ2v) is 5.26. The Balaban J connectivity index is 2.19. The lowest BCUT2D eigenvalue weighted by molar-refractivity contribution is 0.112. The zero-order chi connectivity index (χ0) is 19.2. The maximum absolute atomic E-state index is 13.0. The van der Waals surface area contributed by atoms with Gasteiger partial charge in [-0.1, -0.05) is 6.07 Å². The summed E-state index contributed by atoms with van der Waals surface area (Å²) in [6.07, 6.45) is 2.26. The van der Waals surface area contributed by atoms with Gasteiger partial charge in [0.05, 0.1) is 23.6 Å². The number of aldehydes is 1. The van der Waals surface area contributed by atoms with Gasteiger partial charge in [-0.25, -0.2) is 13.2 Å². The van der Waals surface area contributed by atoms with Crippen LogP contribution in [0.15, 0.2) is 35.3 Å². The van der Waals surface area contributed by atoms with E-state index in [1.807, 2.05) is 0 Å². The molecule has 0 aliphatic carbocycles. The first kappa shape index (κ1) is 18.6. The summed E-state index contributed by atoms with van der Waals surface area (Å²) in [6, 6.07) is 7.82. The van der Waals surface area contributed by atoms with Gasteiger partial charge in [0.1, 0.15) is 0 Å². The van der Waals surface area contributed by atoms with Crippen LogP contribution >= 0.6 is 0 Å². The van der Waals surface area contributed by atoms with Crippen molar-refractivity contribution >= 4 is 29.6 Å². The van der Waals surface area contributed by atoms with Crippen LogP contribution in [0.4, 0.5) is 30.2 Å². The second-order valence-electron chi connectivity index (χ2n) is 5.26. The predicted octanol–water partition coefficient (Wildman–Crippen LogP) is 4.27. The van der Waals surface area contributed by atoms with Crippen molar-refractivity contribution in [2.24, 2.45) is 4.99 Å². The highest BCUT2D eigenvalue weighted by Gasteiger charge is 2.26. The number of halogens is 3. The first-order valence-electron chi connectivity index (χ1n) is 7.86. The summed E-state index contributed by atoms with van der Waals surface area (Å²) in [6.45, 7) is -3.45. The molecule has 1 aliphatic heterocycles. The Morgan fingerprint density at radius 2 is 1.74 bits per heavy atom. The summed E-state index contributed by atoms with van der Waals surface area (Å²) in [5.41, 5.74) is 1.63. The summed E-state index contributed by atoms with van der Waals surface area (Å²) in [5.74, 6) is -0.599. The van der Waals surface area contributed by atoms with Crippen LogP contribution in [0, 0.1) is 0 Å². The Bertz CT molecular complexity index is 861. The fourth-order valence-corrected chi connectivity index (χ4v) is 2.88. The van der Waals surface area contributed by atoms with Crippen molar-refractivity contribution in [3.63, 3.8) is 0 Å². The average Bonchev–Trinajstić information content (AvgIpc) is 2.70. The number of benzene rings is 2. The summed E-state index contributed by atoms with van der Waals surface area (Å²) in [4.78, 5) is 17.4. The van der Waals surface area contributed by atoms with Crippen molar-refractivity contribution in [2.75, 3.05) is 32.0 Å². The van der Waals surface area contributed by atoms with Crippen molar-refractivity contribution in [1.82, 2.24) is 0 Å². The molecule has 2 aromatic rings. The van der Waals surface area contributed by atoms with E-state index in [4.69, 9.17) is 14.2 Å². The molecular weight excluding hydrogens is 365 g/mol. The molecule has 1 heterocycles. The molecule has 1 aliphatic rings. The highest BCUT2D eigenvalue weighted by Crippen LogP contribution is 2.49. The van der Waals surface area contributed by atoms with E-state index in [1.165, 1.54) is 12.1 Å². The van der Waals surface area contributed by atoms with Gasteiger partial charge in [-0.2, -0.15) is 0 Å². The third kappa shape index (κ3) is 3.53. The molecule has 9 heteroatoms. The molecule has 0 atom stereocenters. The summed E-state index contributed by atoms with van der Waals surface area (Å²) < 4.78 is 53.1. The van der Waals surface area contributed by atoms with E-state index in [-0.39, 0.29) is 29.5 Å². The van der Waals surface area contributed by atoms with E-state index in [1.54, 1.807) is 29.3 Å². The first-order valence-corrected chi connectivity index (χ1v) is 7.86. The number of ether oxygens (including phenoxy) is 3. The monoisotopic (exact) mass is 380 g/mol. The number of carbonyl (C=O) groups is 1. The molecule has 0 amide bonds. The number of alkyl halides is 3. The van der Waals surface area contributed by atoms with Crippen LogP contribution < -0.4 is 19.1 Å². The number of aliphatic imine (C=N–C) groups is 1. The van der Waals surface area contributed by atoms with E-state index < -0.39 is 20.6 Å². The summed E-state index contributed by atoms with van der Waals surface area (Å²) in [7, 11) is 0. The van der Waals surface area contributed by atoms with Gasteiger partial charge in [0.25, 0.3) is 0 Å². The number of anilines is 2. The number of hydrogen-bond acceptors (Lipinski definition) is 6. The Kier molecular flexibility index (Phi) is 5.80. The number of para-hydroxylation sites is 1. The molecule has 0 spiro atoms. The van der Waals surface area contributed by atoms with E-state index in [0.29, 0.717) is 23.2 Å². The van der Waals surface area contributed by atoms with Crippen molar-refractivity contribution in [3.05, 3.63) is 35.9 Å². The maximum Gasteiger partial charge on any atom is 0.229 e. The molecule has 3 rings (SSSR count). The van der Waals surface area contributed by atoms with Crippen LogP contribution in [0.5, 0.6) is 17.2 Å². The van der Waals surface area contributed by atoms with Gasteiger partial charge >= 0.3 is 0 Å². The first-order chi connectivity index (χ1) is 13.2. The van der Waals surface area contributed by atoms with Crippen molar-refractivity contribution in [1.29, 1.82) is 0 Å². The largest absolute Gasteiger partial charge is 0.459 e. The SMILES string of the molecule is O=Cc1cccc2c1N(c1ccc(OCF)c(OCF)c1OCF)CC=N2. The minimum atomic E-state index is -1.26. The predicted molar refractivity (Wildman–Crippen MR) is 93.2 cm³/mol. The molecule has 0 aromatic heterocycles. The summed E-state index contributed by atoms with van der Waals surface area (Å²) in [5, 5.41) is 0. The maximum atomic E-state index is 13.0. The molecule has 6 nitrogen and oxygen atoms in total. The molecule has 27 heavy (non-hydrogen) atoms. The Morgan fingerprint density at radius 1 is 1.00 bits per heavy atom. The quantitative estimate of drug-likeness (QED) is 0.640. The molecule has 2 aromatic carbocycles. The molecule has 0 unspecified atom stereocenters. The molecule has 142 valence electrons. The van der Waals surface area contributed by atoms with E-state index in [9.17, 15) is 18.0 Å². The average molecular weight is 380 g/mol. The van der Waals surface area contributed by atoms with Crippen molar-refractivity contribution in [2.45, 2.75) is 0 Å². The standard InChI is InChI=1S/C18H15F3N2O4/c19-9-25-15-5-4-14(17(26-10-20)18(15)27-11-21)23-7-6-22-13-3-1-2-12(8-24)16(13)23/h1-6,8H,7,9-11H2. The van der Waals surface area contributed by atoms with Gasteiger partial charge < -0.3 is 19.1 Å². The topological polar surface area (TPSA) is 60.4 Å². The molecule has 0 saturated heterocycles. The molecular formula is C18H15F3N2O4. The van der Waals surface area contributed by atoms with E-state index in [2.05, 4.69) is 4.99 Å². The van der Waals surface area contributed by atoms with Crippen molar-refractivity contribution in [3.8, 4) is 17.2 Å². The van der Waals surface area contributed by atoms with Gasteiger partial charge in [0, 0.05) is 11.8 Å². The number of fused-ring (bicyclic) bond motifs is 1. The third-order valence-corrected chi connectivity index (χ3v) is 3.89. The Morgan fingerprint density at radius 3 is 2.44 bits per heavy atom. The Labute approximate surface area is 152 Å². The number of carbonyl (C=O) groups excluding carboxylic acids is 1. The molecule has 0 bridgehead atoms. The zero-order valence-corrected chi connectivity index (χ0v) is 14.0. The van der Waals surface area contributed by atoms with Gasteiger partial charge in [-0.3, -0.25) is 9.79 Å². The van der Waals surface area contributed by atoms with Crippen LogP contribution in [0.3, 0.4) is 0 Å². The van der Waals surface area contributed by atoms with Gasteiger partial charge in [0.2, 0.25) is 26.3 Å². The van der Waals surface area contributed by atoms with E-state index >= 15 is 0 Å². The van der Waals surface area contributed by atoms with Gasteiger partial charge in [-0.05, 0) is 24.3 Å². The number of rotatable bonds is 8. The van der Waals surface area contributed by atoms with Gasteiger partial charge in [0.15, 0.2) is 17.8 Å². The van der Waals surface area contributed by atoms with E-state index in [0.717, 1.165) is 0 Å². The summed E-state index contributed by atoms with van der Waals surface area (Å²) >= 11 is 0. The lowest BCUT2D eigenvalue weighted by Gasteiger charge is -2.30. The molecule has 0 fully saturated rings. The number of nitrogens with zero attached hydrogens (tertiary/aromatic N) is 2. The smallest absolute Gasteiger partial charge is 0.229 e. The number of hydrogen-bond donors (Lipinski definition) is 0. The van der Waals surface area contributed by atoms with Crippen LogP contribution in [-0.2, 0) is 0 Å². The fraction of sp³-hybridized carbons (Fsp3) is 0.222. The normalized spacial score (nSPS) is 12.5. The second kappa shape index (κ2) is 8.43. The zero-order valence-electron chi connectivity index (χ0n) is 14.0. The third-order valence-electron chi connectivity index (χ3n) is 3.89. The van der Waals surface area contributed by atoms with Crippen LogP contribution in [0.1, 0.15) is 10.4 Å². The lowest BCUT2D eigenvalue weighted by Crippen LogP contribution is -2.24. The Hall–Kier alpha value is -3.23. The van der Waals surface area contributed by atoms with Crippen LogP contribution in [0.25, 0.3) is 0 Å². The fourth-order valence-electron chi connectivity index (χ4n) is 2.88. The molecule has 0 radical (unpaired) electrons.